The van der Waals surface area contributed by atoms with Crippen molar-refractivity contribution < 1.29 is 14.3 Å². The molecule has 2 fully saturated rings. The Hall–Kier alpha value is -1.44. The molecule has 7 heteroatoms. The number of piperidine rings is 1. The minimum atomic E-state index is -0.272. The Labute approximate surface area is 169 Å². The quantitative estimate of drug-likeness (QED) is 0.546. The fourth-order valence-electron chi connectivity index (χ4n) is 3.83. The van der Waals surface area contributed by atoms with Crippen molar-refractivity contribution in [3.05, 3.63) is 29.8 Å². The first-order valence-corrected chi connectivity index (χ1v) is 10.5. The van der Waals surface area contributed by atoms with E-state index >= 15 is 0 Å². The standard InChI is InChI=1S/C20H28BrN3O3/c1-12(2)17-16(21)18(23-22-17)20(26)24-10-8-14(9-11-24)19(25)13-4-6-15(27-3)7-5-13/h4-7,12,14,16-18,22-23H,8-11H2,1-3H3. The summed E-state index contributed by atoms with van der Waals surface area (Å²) in [5, 5.41) is 0. The number of carbonyl (C=O) groups excluding carboxylic acids is 2. The molecule has 3 rings (SSSR count). The van der Waals surface area contributed by atoms with E-state index in [1.807, 2.05) is 29.2 Å². The maximum absolute atomic E-state index is 12.9. The number of hydrogen-bond donors (Lipinski definition) is 2. The van der Waals surface area contributed by atoms with Crippen molar-refractivity contribution in [2.24, 2.45) is 11.8 Å². The molecule has 1 amide bonds. The molecule has 0 bridgehead atoms. The van der Waals surface area contributed by atoms with Crippen LogP contribution in [0.4, 0.5) is 0 Å². The van der Waals surface area contributed by atoms with Gasteiger partial charge in [-0.1, -0.05) is 29.8 Å². The molecule has 2 aliphatic rings. The van der Waals surface area contributed by atoms with E-state index in [0.29, 0.717) is 37.4 Å². The van der Waals surface area contributed by atoms with Gasteiger partial charge < -0.3 is 9.64 Å². The Kier molecular flexibility index (Phi) is 6.55. The molecule has 0 spiro atoms. The molecule has 2 heterocycles. The summed E-state index contributed by atoms with van der Waals surface area (Å²) in [6, 6.07) is 7.19. The number of ketones is 1. The first-order chi connectivity index (χ1) is 12.9. The first kappa shape index (κ1) is 20.3. The Bertz CT molecular complexity index is 672. The van der Waals surface area contributed by atoms with Crippen molar-refractivity contribution in [3.8, 4) is 5.75 Å². The second-order valence-corrected chi connectivity index (χ2v) is 8.73. The third kappa shape index (κ3) is 4.36. The molecule has 2 saturated heterocycles. The summed E-state index contributed by atoms with van der Waals surface area (Å²) in [7, 11) is 1.61. The highest BCUT2D eigenvalue weighted by Crippen LogP contribution is 2.26. The van der Waals surface area contributed by atoms with Crippen LogP contribution in [0.1, 0.15) is 37.0 Å². The molecule has 1 aromatic rings. The van der Waals surface area contributed by atoms with Crippen molar-refractivity contribution in [1.82, 2.24) is 15.8 Å². The Morgan fingerprint density at radius 3 is 2.30 bits per heavy atom. The molecule has 0 aliphatic carbocycles. The highest BCUT2D eigenvalue weighted by atomic mass is 79.9. The highest BCUT2D eigenvalue weighted by Gasteiger charge is 2.42. The first-order valence-electron chi connectivity index (χ1n) is 9.54. The van der Waals surface area contributed by atoms with Crippen molar-refractivity contribution in [3.63, 3.8) is 0 Å². The van der Waals surface area contributed by atoms with E-state index in [1.54, 1.807) is 7.11 Å². The Balaban J connectivity index is 1.55. The molecular formula is C20H28BrN3O3. The number of hydrazine groups is 1. The number of halogens is 1. The fourth-order valence-corrected chi connectivity index (χ4v) is 4.94. The highest BCUT2D eigenvalue weighted by molar-refractivity contribution is 9.09. The number of alkyl halides is 1. The van der Waals surface area contributed by atoms with Crippen molar-refractivity contribution in [2.45, 2.75) is 43.6 Å². The van der Waals surface area contributed by atoms with E-state index in [-0.39, 0.29) is 34.5 Å². The number of carbonyl (C=O) groups is 2. The summed E-state index contributed by atoms with van der Waals surface area (Å²) in [6.45, 7) is 5.51. The topological polar surface area (TPSA) is 70.7 Å². The SMILES string of the molecule is COc1ccc(C(=O)C2CCN(C(=O)C3NNC(C(C)C)C3Br)CC2)cc1. The van der Waals surface area contributed by atoms with Gasteiger partial charge in [0.1, 0.15) is 11.8 Å². The van der Waals surface area contributed by atoms with Crippen molar-refractivity contribution in [1.29, 1.82) is 0 Å². The average Bonchev–Trinajstić information content (AvgIpc) is 3.08. The van der Waals surface area contributed by atoms with Crippen LogP contribution in [-0.4, -0.2) is 53.7 Å². The molecule has 2 N–H and O–H groups in total. The molecule has 3 atom stereocenters. The third-order valence-corrected chi connectivity index (χ3v) is 6.70. The van der Waals surface area contributed by atoms with E-state index in [1.165, 1.54) is 0 Å². The summed E-state index contributed by atoms with van der Waals surface area (Å²) in [6.07, 6.45) is 1.41. The zero-order valence-electron chi connectivity index (χ0n) is 16.1. The lowest BCUT2D eigenvalue weighted by Crippen LogP contribution is -2.51. The number of hydrogen-bond acceptors (Lipinski definition) is 5. The predicted molar refractivity (Wildman–Crippen MR) is 108 cm³/mol. The van der Waals surface area contributed by atoms with E-state index in [2.05, 4.69) is 40.6 Å². The summed E-state index contributed by atoms with van der Waals surface area (Å²) >= 11 is 3.68. The number of ether oxygens (including phenoxy) is 1. The molecule has 6 nitrogen and oxygen atoms in total. The number of rotatable bonds is 5. The van der Waals surface area contributed by atoms with Crippen LogP contribution in [-0.2, 0) is 4.79 Å². The Morgan fingerprint density at radius 1 is 1.15 bits per heavy atom. The molecule has 148 valence electrons. The largest absolute Gasteiger partial charge is 0.497 e. The smallest absolute Gasteiger partial charge is 0.242 e. The number of Topliss-reactive ketones (excluding diaryl/α,β-unsaturated/α-hetero) is 1. The van der Waals surface area contributed by atoms with Gasteiger partial charge in [0.2, 0.25) is 5.91 Å². The van der Waals surface area contributed by atoms with E-state index in [4.69, 9.17) is 4.74 Å². The molecule has 27 heavy (non-hydrogen) atoms. The zero-order valence-corrected chi connectivity index (χ0v) is 17.7. The molecule has 0 aromatic heterocycles. The van der Waals surface area contributed by atoms with Crippen LogP contribution in [0.15, 0.2) is 24.3 Å². The number of amides is 1. The van der Waals surface area contributed by atoms with Gasteiger partial charge in [0, 0.05) is 30.6 Å². The van der Waals surface area contributed by atoms with Crippen molar-refractivity contribution >= 4 is 27.6 Å². The van der Waals surface area contributed by atoms with E-state index in [9.17, 15) is 9.59 Å². The summed E-state index contributed by atoms with van der Waals surface area (Å²) in [5.41, 5.74) is 7.07. The number of nitrogens with one attached hydrogen (secondary N) is 2. The van der Waals surface area contributed by atoms with Gasteiger partial charge in [-0.15, -0.1) is 0 Å². The van der Waals surface area contributed by atoms with Crippen molar-refractivity contribution in [2.75, 3.05) is 20.2 Å². The van der Waals surface area contributed by atoms with Gasteiger partial charge in [-0.3, -0.25) is 15.0 Å². The molecule has 2 aliphatic heterocycles. The summed E-state index contributed by atoms with van der Waals surface area (Å²) in [4.78, 5) is 27.6. The number of methoxy groups -OCH3 is 1. The van der Waals surface area contributed by atoms with Crippen LogP contribution in [0.3, 0.4) is 0 Å². The Morgan fingerprint density at radius 2 is 1.78 bits per heavy atom. The van der Waals surface area contributed by atoms with Crippen LogP contribution < -0.4 is 15.6 Å². The van der Waals surface area contributed by atoms with Gasteiger partial charge in [0.25, 0.3) is 0 Å². The maximum Gasteiger partial charge on any atom is 0.242 e. The lowest BCUT2D eigenvalue weighted by Gasteiger charge is -2.33. The lowest BCUT2D eigenvalue weighted by atomic mass is 9.88. The monoisotopic (exact) mass is 437 g/mol. The fraction of sp³-hybridized carbons (Fsp3) is 0.600. The maximum atomic E-state index is 12.9. The van der Waals surface area contributed by atoms with E-state index in [0.717, 1.165) is 5.75 Å². The normalized spacial score (nSPS) is 26.4. The average molecular weight is 438 g/mol. The predicted octanol–water partition coefficient (Wildman–Crippen LogP) is 2.38. The third-order valence-electron chi connectivity index (χ3n) is 5.60. The molecule has 0 radical (unpaired) electrons. The molecule has 0 saturated carbocycles. The molecule has 1 aromatic carbocycles. The van der Waals surface area contributed by atoms with Crippen LogP contribution >= 0.6 is 15.9 Å². The van der Waals surface area contributed by atoms with Gasteiger partial charge in [0.15, 0.2) is 5.78 Å². The molecular weight excluding hydrogens is 410 g/mol. The second-order valence-electron chi connectivity index (χ2n) is 7.67. The van der Waals surface area contributed by atoms with E-state index < -0.39 is 0 Å². The second kappa shape index (κ2) is 8.71. The molecule has 3 unspecified atom stereocenters. The zero-order chi connectivity index (χ0) is 19.6. The summed E-state index contributed by atoms with van der Waals surface area (Å²) < 4.78 is 5.14. The summed E-state index contributed by atoms with van der Waals surface area (Å²) in [5.74, 6) is 1.40. The minimum absolute atomic E-state index is 0.0275. The van der Waals surface area contributed by atoms with Crippen LogP contribution in [0, 0.1) is 11.8 Å². The number of nitrogens with zero attached hydrogens (tertiary/aromatic N) is 1. The number of likely N-dealkylation sites (tertiary alicyclic amines) is 1. The van der Waals surface area contributed by atoms with Gasteiger partial charge in [-0.2, -0.15) is 0 Å². The van der Waals surface area contributed by atoms with Gasteiger partial charge >= 0.3 is 0 Å². The lowest BCUT2D eigenvalue weighted by molar-refractivity contribution is -0.134. The van der Waals surface area contributed by atoms with Gasteiger partial charge in [0.05, 0.1) is 11.9 Å². The van der Waals surface area contributed by atoms with Gasteiger partial charge in [-0.05, 0) is 43.0 Å². The minimum Gasteiger partial charge on any atom is -0.497 e. The van der Waals surface area contributed by atoms with Gasteiger partial charge in [-0.25, -0.2) is 5.43 Å². The van der Waals surface area contributed by atoms with Crippen LogP contribution in [0.5, 0.6) is 5.75 Å². The number of benzene rings is 1. The van der Waals surface area contributed by atoms with Crippen LogP contribution in [0.25, 0.3) is 0 Å². The van der Waals surface area contributed by atoms with Crippen LogP contribution in [0.2, 0.25) is 0 Å².